The molecule has 4 saturated carbocycles. The highest BCUT2D eigenvalue weighted by atomic mass is 16.5. The fourth-order valence-electron chi connectivity index (χ4n) is 7.82. The molecule has 146 valence electrons. The zero-order chi connectivity index (χ0) is 17.4. The van der Waals surface area contributed by atoms with E-state index in [1.54, 1.807) is 0 Å². The molecule has 0 radical (unpaired) electrons. The molecule has 26 heavy (non-hydrogen) atoms. The first-order chi connectivity index (χ1) is 12.9. The molecule has 0 bridgehead atoms. The number of rotatable bonds is 2. The van der Waals surface area contributed by atoms with Crippen LogP contribution in [0.15, 0.2) is 12.2 Å². The Morgan fingerprint density at radius 3 is 1.92 bits per heavy atom. The Kier molecular flexibility index (Phi) is 5.20. The number of ether oxygens (including phenoxy) is 1. The summed E-state index contributed by atoms with van der Waals surface area (Å²) in [5, 5.41) is 0. The van der Waals surface area contributed by atoms with E-state index in [1.165, 1.54) is 103 Å². The van der Waals surface area contributed by atoms with E-state index in [9.17, 15) is 0 Å². The van der Waals surface area contributed by atoms with Crippen LogP contribution in [0.5, 0.6) is 0 Å². The average molecular weight is 357 g/mol. The quantitative estimate of drug-likeness (QED) is 0.481. The van der Waals surface area contributed by atoms with Gasteiger partial charge >= 0.3 is 0 Å². The number of fused-ring (bicyclic) bond motifs is 3. The van der Waals surface area contributed by atoms with Gasteiger partial charge < -0.3 is 4.74 Å². The summed E-state index contributed by atoms with van der Waals surface area (Å²) in [6, 6.07) is 0. The van der Waals surface area contributed by atoms with Crippen LogP contribution in [0.4, 0.5) is 0 Å². The van der Waals surface area contributed by atoms with Gasteiger partial charge in [0.05, 0.1) is 11.7 Å². The van der Waals surface area contributed by atoms with Crippen LogP contribution >= 0.6 is 0 Å². The smallest absolute Gasteiger partial charge is 0.0922 e. The summed E-state index contributed by atoms with van der Waals surface area (Å²) in [6.07, 6.45) is 29.0. The first-order valence-corrected chi connectivity index (χ1v) is 12.2. The van der Waals surface area contributed by atoms with Gasteiger partial charge in [0, 0.05) is 5.92 Å². The van der Waals surface area contributed by atoms with Crippen molar-refractivity contribution in [2.45, 2.75) is 114 Å². The summed E-state index contributed by atoms with van der Waals surface area (Å²) in [5.41, 5.74) is 0.115. The number of hydrogen-bond acceptors (Lipinski definition) is 1. The Balaban J connectivity index is 1.44. The van der Waals surface area contributed by atoms with E-state index in [1.807, 2.05) is 0 Å². The van der Waals surface area contributed by atoms with E-state index in [-0.39, 0.29) is 5.60 Å². The fraction of sp³-hybridized carbons (Fsp3) is 0.920. The molecular weight excluding hydrogens is 316 g/mol. The molecule has 1 aliphatic heterocycles. The molecule has 5 aliphatic rings. The predicted octanol–water partition coefficient (Wildman–Crippen LogP) is 7.06. The molecule has 0 aromatic carbocycles. The molecule has 1 heteroatoms. The Hall–Kier alpha value is -0.300. The van der Waals surface area contributed by atoms with E-state index in [4.69, 9.17) is 4.74 Å². The Labute approximate surface area is 161 Å². The average Bonchev–Trinajstić information content (AvgIpc) is 2.74. The van der Waals surface area contributed by atoms with Crippen molar-refractivity contribution >= 4 is 0 Å². The Bertz CT molecular complexity index is 478. The normalized spacial score (nSPS) is 41.4. The third-order valence-corrected chi connectivity index (χ3v) is 9.13. The van der Waals surface area contributed by atoms with E-state index in [2.05, 4.69) is 12.2 Å². The van der Waals surface area contributed by atoms with Gasteiger partial charge in [-0.15, -0.1) is 0 Å². The van der Waals surface area contributed by atoms with Crippen molar-refractivity contribution < 1.29 is 4.74 Å². The number of hydrogen-bond donors (Lipinski definition) is 0. The van der Waals surface area contributed by atoms with Crippen molar-refractivity contribution in [2.24, 2.45) is 29.6 Å². The van der Waals surface area contributed by atoms with Gasteiger partial charge in [-0.3, -0.25) is 0 Å². The van der Waals surface area contributed by atoms with Crippen molar-refractivity contribution in [1.82, 2.24) is 0 Å². The van der Waals surface area contributed by atoms with Crippen molar-refractivity contribution in [1.29, 1.82) is 0 Å². The summed E-state index contributed by atoms with van der Waals surface area (Å²) in [7, 11) is 0. The van der Waals surface area contributed by atoms with Crippen LogP contribution in [-0.2, 0) is 4.74 Å². The third-order valence-electron chi connectivity index (χ3n) is 9.13. The van der Waals surface area contributed by atoms with E-state index < -0.39 is 0 Å². The summed E-state index contributed by atoms with van der Waals surface area (Å²) in [6.45, 7) is 0. The minimum Gasteiger partial charge on any atom is -0.366 e. The lowest BCUT2D eigenvalue weighted by atomic mass is 9.60. The molecular formula is C25H40O. The molecule has 4 aliphatic carbocycles. The van der Waals surface area contributed by atoms with E-state index in [0.29, 0.717) is 6.10 Å². The van der Waals surface area contributed by atoms with Crippen LogP contribution in [0.25, 0.3) is 0 Å². The largest absolute Gasteiger partial charge is 0.366 e. The lowest BCUT2D eigenvalue weighted by Crippen LogP contribution is -2.55. The predicted molar refractivity (Wildman–Crippen MR) is 108 cm³/mol. The summed E-state index contributed by atoms with van der Waals surface area (Å²) < 4.78 is 7.32. The lowest BCUT2D eigenvalue weighted by Gasteiger charge is -2.55. The summed E-state index contributed by atoms with van der Waals surface area (Å²) in [4.78, 5) is 0. The molecule has 1 nitrogen and oxygen atoms in total. The zero-order valence-electron chi connectivity index (χ0n) is 16.8. The van der Waals surface area contributed by atoms with Gasteiger partial charge in [0.2, 0.25) is 0 Å². The molecule has 0 amide bonds. The maximum Gasteiger partial charge on any atom is 0.0922 e. The van der Waals surface area contributed by atoms with Crippen LogP contribution in [0.2, 0.25) is 0 Å². The highest BCUT2D eigenvalue weighted by Crippen LogP contribution is 2.54. The first-order valence-electron chi connectivity index (χ1n) is 12.2. The minimum absolute atomic E-state index is 0.115. The van der Waals surface area contributed by atoms with Crippen molar-refractivity contribution in [3.05, 3.63) is 12.2 Å². The van der Waals surface area contributed by atoms with E-state index in [0.717, 1.165) is 29.6 Å². The van der Waals surface area contributed by atoms with Crippen LogP contribution in [0.1, 0.15) is 103 Å². The SMILES string of the molecule is C1=CC(C2CCCCC2)(C2CCCCC2)OC2CCC3CCCCC3C12. The molecule has 4 fully saturated rings. The van der Waals surface area contributed by atoms with E-state index >= 15 is 0 Å². The van der Waals surface area contributed by atoms with Crippen LogP contribution in [-0.4, -0.2) is 11.7 Å². The van der Waals surface area contributed by atoms with Gasteiger partial charge in [-0.2, -0.15) is 0 Å². The maximum atomic E-state index is 7.32. The second-order valence-corrected chi connectivity index (χ2v) is 10.4. The topological polar surface area (TPSA) is 9.23 Å². The molecule has 0 aromatic rings. The van der Waals surface area contributed by atoms with Crippen molar-refractivity contribution in [2.75, 3.05) is 0 Å². The molecule has 4 atom stereocenters. The summed E-state index contributed by atoms with van der Waals surface area (Å²) in [5.74, 6) is 4.31. The highest BCUT2D eigenvalue weighted by Gasteiger charge is 2.51. The fourth-order valence-corrected chi connectivity index (χ4v) is 7.82. The standard InChI is InChI=1S/C25H40O/c1-3-10-20(11-4-1)25(21-12-5-2-6-13-21)18-17-23-22-14-8-7-9-19(22)15-16-24(23)26-25/h17-24H,1-16H2. The molecule has 0 aromatic heterocycles. The molecule has 1 heterocycles. The molecule has 0 saturated heterocycles. The van der Waals surface area contributed by atoms with Gasteiger partial charge in [-0.1, -0.05) is 69.9 Å². The Morgan fingerprint density at radius 2 is 1.23 bits per heavy atom. The third kappa shape index (κ3) is 3.11. The van der Waals surface area contributed by atoms with Gasteiger partial charge in [0.25, 0.3) is 0 Å². The van der Waals surface area contributed by atoms with Crippen molar-refractivity contribution in [3.63, 3.8) is 0 Å². The van der Waals surface area contributed by atoms with Gasteiger partial charge in [-0.05, 0) is 68.6 Å². The van der Waals surface area contributed by atoms with Gasteiger partial charge in [0.1, 0.15) is 0 Å². The summed E-state index contributed by atoms with van der Waals surface area (Å²) >= 11 is 0. The van der Waals surface area contributed by atoms with Crippen molar-refractivity contribution in [3.8, 4) is 0 Å². The minimum atomic E-state index is 0.115. The maximum absolute atomic E-state index is 7.32. The molecule has 5 rings (SSSR count). The Morgan fingerprint density at radius 1 is 0.615 bits per heavy atom. The second kappa shape index (κ2) is 7.61. The van der Waals surface area contributed by atoms with Gasteiger partial charge in [-0.25, -0.2) is 0 Å². The lowest BCUT2D eigenvalue weighted by molar-refractivity contribution is -0.183. The first kappa shape index (κ1) is 17.8. The van der Waals surface area contributed by atoms with Crippen LogP contribution in [0.3, 0.4) is 0 Å². The molecule has 4 unspecified atom stereocenters. The monoisotopic (exact) mass is 356 g/mol. The highest BCUT2D eigenvalue weighted by molar-refractivity contribution is 5.18. The van der Waals surface area contributed by atoms with Gasteiger partial charge in [0.15, 0.2) is 0 Å². The van der Waals surface area contributed by atoms with Crippen LogP contribution in [0, 0.1) is 29.6 Å². The molecule has 0 spiro atoms. The molecule has 0 N–H and O–H groups in total. The second-order valence-electron chi connectivity index (χ2n) is 10.4. The van der Waals surface area contributed by atoms with Crippen LogP contribution < -0.4 is 0 Å². The zero-order valence-corrected chi connectivity index (χ0v) is 16.8.